The summed E-state index contributed by atoms with van der Waals surface area (Å²) in [5.41, 5.74) is 2.48. The number of halogens is 1. The maximum atomic E-state index is 13.0. The predicted molar refractivity (Wildman–Crippen MR) is 117 cm³/mol. The Bertz CT molecular complexity index is 873. The Kier molecular flexibility index (Phi) is 7.57. The maximum absolute atomic E-state index is 13.0. The van der Waals surface area contributed by atoms with Crippen LogP contribution in [0.5, 0.6) is 0 Å². The third kappa shape index (κ3) is 6.15. The lowest BCUT2D eigenvalue weighted by Gasteiger charge is -2.36. The van der Waals surface area contributed by atoms with Gasteiger partial charge in [-0.25, -0.2) is 4.39 Å². The van der Waals surface area contributed by atoms with Crippen LogP contribution < -0.4 is 15.5 Å². The normalized spacial score (nSPS) is 14.7. The molecule has 0 unspecified atom stereocenters. The van der Waals surface area contributed by atoms with E-state index in [4.69, 9.17) is 0 Å². The Morgan fingerprint density at radius 3 is 2.30 bits per heavy atom. The van der Waals surface area contributed by atoms with Crippen molar-refractivity contribution in [3.05, 3.63) is 71.6 Å². The number of nitrogens with one attached hydrogen (secondary N) is 2. The van der Waals surface area contributed by atoms with Crippen molar-refractivity contribution in [3.8, 4) is 0 Å². The molecule has 0 radical (unpaired) electrons. The third-order valence-corrected chi connectivity index (χ3v) is 5.12. The van der Waals surface area contributed by atoms with E-state index in [-0.39, 0.29) is 17.6 Å². The molecule has 1 saturated heterocycles. The quantitative estimate of drug-likeness (QED) is 0.687. The summed E-state index contributed by atoms with van der Waals surface area (Å²) in [5, 5.41) is 5.47. The minimum absolute atomic E-state index is 0.137. The van der Waals surface area contributed by atoms with Gasteiger partial charge < -0.3 is 15.5 Å². The second-order valence-electron chi connectivity index (χ2n) is 7.13. The fraction of sp³-hybridized carbons (Fsp3) is 0.304. The van der Waals surface area contributed by atoms with Crippen LogP contribution in [0.3, 0.4) is 0 Å². The molecule has 1 aliphatic heterocycles. The van der Waals surface area contributed by atoms with E-state index in [0.717, 1.165) is 44.0 Å². The van der Waals surface area contributed by atoms with Crippen molar-refractivity contribution in [2.75, 3.05) is 51.2 Å². The van der Waals surface area contributed by atoms with Gasteiger partial charge in [0.1, 0.15) is 5.82 Å². The zero-order valence-corrected chi connectivity index (χ0v) is 17.1. The first-order chi connectivity index (χ1) is 14.5. The summed E-state index contributed by atoms with van der Waals surface area (Å²) in [6, 6.07) is 13.6. The highest BCUT2D eigenvalue weighted by atomic mass is 19.1. The molecular weight excluding hydrogens is 383 g/mol. The SMILES string of the molecule is CNC(=O)c1ccc(/C=C/C(=O)NCCN2CCN(c3ccc(F)cc3)CC2)cc1. The molecule has 158 valence electrons. The molecule has 2 amide bonds. The molecule has 0 spiro atoms. The number of amides is 2. The van der Waals surface area contributed by atoms with Crippen LogP contribution >= 0.6 is 0 Å². The number of rotatable bonds is 7. The van der Waals surface area contributed by atoms with Gasteiger partial charge in [-0.15, -0.1) is 0 Å². The highest BCUT2D eigenvalue weighted by Gasteiger charge is 2.16. The van der Waals surface area contributed by atoms with E-state index in [2.05, 4.69) is 20.4 Å². The monoisotopic (exact) mass is 410 g/mol. The van der Waals surface area contributed by atoms with Gasteiger partial charge in [-0.1, -0.05) is 12.1 Å². The van der Waals surface area contributed by atoms with Crippen LogP contribution in [0.25, 0.3) is 6.08 Å². The van der Waals surface area contributed by atoms with Crippen molar-refractivity contribution in [1.29, 1.82) is 0 Å². The molecular formula is C23H27FN4O2. The summed E-state index contributed by atoms with van der Waals surface area (Å²) in [4.78, 5) is 28.1. The van der Waals surface area contributed by atoms with Gasteiger partial charge in [0.2, 0.25) is 5.91 Å². The van der Waals surface area contributed by atoms with Gasteiger partial charge >= 0.3 is 0 Å². The molecule has 7 heteroatoms. The Morgan fingerprint density at radius 1 is 1.00 bits per heavy atom. The Morgan fingerprint density at radius 2 is 1.67 bits per heavy atom. The van der Waals surface area contributed by atoms with Crippen molar-refractivity contribution in [2.24, 2.45) is 0 Å². The molecule has 3 rings (SSSR count). The van der Waals surface area contributed by atoms with Crippen LogP contribution in [0.2, 0.25) is 0 Å². The van der Waals surface area contributed by atoms with Crippen LogP contribution in [0.1, 0.15) is 15.9 Å². The topological polar surface area (TPSA) is 64.7 Å². The van der Waals surface area contributed by atoms with Crippen LogP contribution in [0.4, 0.5) is 10.1 Å². The largest absolute Gasteiger partial charge is 0.369 e. The second kappa shape index (κ2) is 10.5. The molecule has 2 aromatic rings. The smallest absolute Gasteiger partial charge is 0.251 e. The van der Waals surface area contributed by atoms with Crippen molar-refractivity contribution in [3.63, 3.8) is 0 Å². The lowest BCUT2D eigenvalue weighted by molar-refractivity contribution is -0.116. The average Bonchev–Trinajstić information content (AvgIpc) is 2.78. The van der Waals surface area contributed by atoms with Gasteiger partial charge in [-0.05, 0) is 48.0 Å². The van der Waals surface area contributed by atoms with E-state index in [1.165, 1.54) is 18.2 Å². The summed E-state index contributed by atoms with van der Waals surface area (Å²) in [7, 11) is 1.59. The zero-order chi connectivity index (χ0) is 21.3. The fourth-order valence-corrected chi connectivity index (χ4v) is 3.34. The van der Waals surface area contributed by atoms with E-state index in [1.54, 1.807) is 37.4 Å². The second-order valence-corrected chi connectivity index (χ2v) is 7.13. The Labute approximate surface area is 176 Å². The van der Waals surface area contributed by atoms with Gasteiger partial charge in [0.15, 0.2) is 0 Å². The number of piperazine rings is 1. The van der Waals surface area contributed by atoms with E-state index in [1.807, 2.05) is 12.1 Å². The Hall–Kier alpha value is -3.19. The van der Waals surface area contributed by atoms with E-state index >= 15 is 0 Å². The van der Waals surface area contributed by atoms with E-state index in [9.17, 15) is 14.0 Å². The highest BCUT2D eigenvalue weighted by molar-refractivity contribution is 5.94. The minimum Gasteiger partial charge on any atom is -0.369 e. The molecule has 6 nitrogen and oxygen atoms in total. The third-order valence-electron chi connectivity index (χ3n) is 5.12. The summed E-state index contributed by atoms with van der Waals surface area (Å²) < 4.78 is 13.0. The molecule has 0 aromatic heterocycles. The number of hydrogen-bond donors (Lipinski definition) is 2. The van der Waals surface area contributed by atoms with Gasteiger partial charge in [0.25, 0.3) is 5.91 Å². The average molecular weight is 410 g/mol. The minimum atomic E-state index is -0.219. The maximum Gasteiger partial charge on any atom is 0.251 e. The summed E-state index contributed by atoms with van der Waals surface area (Å²) >= 11 is 0. The van der Waals surface area contributed by atoms with Gasteiger partial charge in [0, 0.05) is 63.6 Å². The lowest BCUT2D eigenvalue weighted by atomic mass is 10.1. The van der Waals surface area contributed by atoms with E-state index in [0.29, 0.717) is 12.1 Å². The van der Waals surface area contributed by atoms with Crippen LogP contribution in [0.15, 0.2) is 54.6 Å². The summed E-state index contributed by atoms with van der Waals surface area (Å²) in [6.07, 6.45) is 3.23. The summed E-state index contributed by atoms with van der Waals surface area (Å²) in [5.74, 6) is -0.500. The standard InChI is InChI=1S/C23H27FN4O2/c1-25-23(30)19-5-2-18(3-6-19)4-11-22(29)26-12-13-27-14-16-28(17-15-27)21-9-7-20(24)8-10-21/h2-11H,12-17H2,1H3,(H,25,30)(H,26,29)/b11-4+. The molecule has 2 aromatic carbocycles. The number of nitrogens with zero attached hydrogens (tertiary/aromatic N) is 2. The molecule has 30 heavy (non-hydrogen) atoms. The molecule has 1 aliphatic rings. The van der Waals surface area contributed by atoms with Crippen molar-refractivity contribution in [2.45, 2.75) is 0 Å². The first-order valence-corrected chi connectivity index (χ1v) is 10.1. The molecule has 2 N–H and O–H groups in total. The van der Waals surface area contributed by atoms with Gasteiger partial charge in [-0.3, -0.25) is 14.5 Å². The molecule has 0 saturated carbocycles. The Balaban J connectivity index is 1.36. The number of anilines is 1. The first kappa shape index (κ1) is 21.5. The fourth-order valence-electron chi connectivity index (χ4n) is 3.34. The lowest BCUT2D eigenvalue weighted by Crippen LogP contribution is -2.48. The number of hydrogen-bond acceptors (Lipinski definition) is 4. The van der Waals surface area contributed by atoms with E-state index < -0.39 is 0 Å². The molecule has 0 aliphatic carbocycles. The summed E-state index contributed by atoms with van der Waals surface area (Å²) in [6.45, 7) is 4.94. The zero-order valence-electron chi connectivity index (χ0n) is 17.1. The molecule has 1 fully saturated rings. The first-order valence-electron chi connectivity index (χ1n) is 10.1. The number of benzene rings is 2. The van der Waals surface area contributed by atoms with Crippen molar-refractivity contribution < 1.29 is 14.0 Å². The van der Waals surface area contributed by atoms with Crippen molar-refractivity contribution >= 4 is 23.6 Å². The molecule has 1 heterocycles. The number of carbonyl (C=O) groups is 2. The van der Waals surface area contributed by atoms with Gasteiger partial charge in [0.05, 0.1) is 0 Å². The van der Waals surface area contributed by atoms with Crippen LogP contribution in [0, 0.1) is 5.82 Å². The number of carbonyl (C=O) groups excluding carboxylic acids is 2. The van der Waals surface area contributed by atoms with Gasteiger partial charge in [-0.2, -0.15) is 0 Å². The molecule has 0 bridgehead atoms. The highest BCUT2D eigenvalue weighted by Crippen LogP contribution is 2.16. The van der Waals surface area contributed by atoms with Crippen molar-refractivity contribution in [1.82, 2.24) is 15.5 Å². The van der Waals surface area contributed by atoms with Crippen LogP contribution in [-0.2, 0) is 4.79 Å². The predicted octanol–water partition coefficient (Wildman–Crippen LogP) is 2.14. The molecule has 0 atom stereocenters. The van der Waals surface area contributed by atoms with Crippen LogP contribution in [-0.4, -0.2) is 63.0 Å².